The van der Waals surface area contributed by atoms with Gasteiger partial charge in [0, 0.05) is 19.6 Å². The molecule has 0 aromatic carbocycles. The lowest BCUT2D eigenvalue weighted by atomic mass is 9.69. The maximum atomic E-state index is 13.0. The summed E-state index contributed by atoms with van der Waals surface area (Å²) in [4.78, 5) is 2.08. The number of hydrogen-bond acceptors (Lipinski definition) is 2. The van der Waals surface area contributed by atoms with E-state index in [9.17, 15) is 13.2 Å². The van der Waals surface area contributed by atoms with Gasteiger partial charge in [-0.05, 0) is 50.6 Å². The Kier molecular flexibility index (Phi) is 5.58. The van der Waals surface area contributed by atoms with E-state index in [0.29, 0.717) is 18.8 Å². The minimum Gasteiger partial charge on any atom is -0.319 e. The number of alkyl halides is 3. The fourth-order valence-corrected chi connectivity index (χ4v) is 4.44. The minimum atomic E-state index is -4.03. The topological polar surface area (TPSA) is 15.3 Å². The molecule has 2 rings (SSSR count). The Morgan fingerprint density at radius 3 is 2.62 bits per heavy atom. The predicted molar refractivity (Wildman–Crippen MR) is 79.2 cm³/mol. The summed E-state index contributed by atoms with van der Waals surface area (Å²) in [5.74, 6) is -0.436. The van der Waals surface area contributed by atoms with E-state index < -0.39 is 12.1 Å². The first-order valence-corrected chi connectivity index (χ1v) is 8.28. The fraction of sp³-hybridized carbons (Fsp3) is 1.00. The number of halogens is 3. The molecule has 2 nitrogen and oxygen atoms in total. The Balaban J connectivity index is 1.99. The highest BCUT2D eigenvalue weighted by molar-refractivity contribution is 4.91. The molecule has 21 heavy (non-hydrogen) atoms. The van der Waals surface area contributed by atoms with Gasteiger partial charge < -0.3 is 10.2 Å². The summed E-state index contributed by atoms with van der Waals surface area (Å²) in [7, 11) is 1.95. The smallest absolute Gasteiger partial charge is 0.319 e. The molecule has 124 valence electrons. The van der Waals surface area contributed by atoms with E-state index in [0.717, 1.165) is 32.5 Å². The molecule has 1 aliphatic heterocycles. The third-order valence-corrected chi connectivity index (χ3v) is 5.26. The van der Waals surface area contributed by atoms with Crippen molar-refractivity contribution in [1.29, 1.82) is 0 Å². The van der Waals surface area contributed by atoms with E-state index in [4.69, 9.17) is 0 Å². The van der Waals surface area contributed by atoms with E-state index in [-0.39, 0.29) is 12.0 Å². The van der Waals surface area contributed by atoms with Crippen LogP contribution in [-0.2, 0) is 0 Å². The van der Waals surface area contributed by atoms with Crippen LogP contribution < -0.4 is 5.32 Å². The predicted octanol–water partition coefficient (Wildman–Crippen LogP) is 3.68. The van der Waals surface area contributed by atoms with Gasteiger partial charge in [-0.2, -0.15) is 13.2 Å². The van der Waals surface area contributed by atoms with Crippen LogP contribution >= 0.6 is 0 Å². The van der Waals surface area contributed by atoms with Crippen molar-refractivity contribution in [2.24, 2.45) is 17.3 Å². The molecular weight excluding hydrogens is 277 g/mol. The molecule has 0 spiro atoms. The Hall–Kier alpha value is -0.290. The third kappa shape index (κ3) is 4.59. The molecule has 1 N–H and O–H groups in total. The van der Waals surface area contributed by atoms with Crippen LogP contribution in [0.5, 0.6) is 0 Å². The van der Waals surface area contributed by atoms with Crippen molar-refractivity contribution < 1.29 is 13.2 Å². The van der Waals surface area contributed by atoms with Gasteiger partial charge in [0.25, 0.3) is 0 Å². The number of hydrogen-bond donors (Lipinski definition) is 1. The van der Waals surface area contributed by atoms with E-state index in [1.807, 2.05) is 7.05 Å². The van der Waals surface area contributed by atoms with Gasteiger partial charge in [0.15, 0.2) is 0 Å². The van der Waals surface area contributed by atoms with Crippen molar-refractivity contribution in [2.75, 3.05) is 33.2 Å². The second-order valence-corrected chi connectivity index (χ2v) is 7.35. The van der Waals surface area contributed by atoms with E-state index >= 15 is 0 Å². The molecule has 2 fully saturated rings. The van der Waals surface area contributed by atoms with Gasteiger partial charge in [0.2, 0.25) is 0 Å². The second kappa shape index (κ2) is 6.86. The van der Waals surface area contributed by atoms with Crippen LogP contribution in [0.3, 0.4) is 0 Å². The first-order valence-electron chi connectivity index (χ1n) is 8.28. The van der Waals surface area contributed by atoms with E-state index in [1.54, 1.807) is 0 Å². The molecule has 1 heterocycles. The zero-order valence-corrected chi connectivity index (χ0v) is 13.3. The molecule has 3 unspecified atom stereocenters. The summed E-state index contributed by atoms with van der Waals surface area (Å²) in [5, 5.41) is 3.28. The van der Waals surface area contributed by atoms with Crippen molar-refractivity contribution in [3.63, 3.8) is 0 Å². The lowest BCUT2D eigenvalue weighted by Crippen LogP contribution is -2.50. The molecule has 0 amide bonds. The standard InChI is InChI=1S/C16H29F3N2/c1-13-5-3-7-15(9-13,11-20-2)12-21-8-4-6-14(10-21)16(17,18)19/h13-14,20H,3-12H2,1-2H3. The maximum absolute atomic E-state index is 13.0. The normalized spacial score (nSPS) is 35.9. The third-order valence-electron chi connectivity index (χ3n) is 5.26. The van der Waals surface area contributed by atoms with Crippen molar-refractivity contribution in [3.05, 3.63) is 0 Å². The van der Waals surface area contributed by atoms with Crippen molar-refractivity contribution in [1.82, 2.24) is 10.2 Å². The molecule has 1 aliphatic carbocycles. The summed E-state index contributed by atoms with van der Waals surface area (Å²) >= 11 is 0. The lowest BCUT2D eigenvalue weighted by Gasteiger charge is -2.45. The van der Waals surface area contributed by atoms with Crippen LogP contribution in [-0.4, -0.2) is 44.3 Å². The van der Waals surface area contributed by atoms with E-state index in [1.165, 1.54) is 12.8 Å². The number of piperidine rings is 1. The average Bonchev–Trinajstić information content (AvgIpc) is 2.38. The molecular formula is C16H29F3N2. The SMILES string of the molecule is CNCC1(CN2CCCC(C(F)(F)F)C2)CCCC(C)C1. The molecule has 5 heteroatoms. The molecule has 3 atom stereocenters. The van der Waals surface area contributed by atoms with Crippen molar-refractivity contribution in [2.45, 2.75) is 51.6 Å². The summed E-state index contributed by atoms with van der Waals surface area (Å²) in [5.41, 5.74) is 0.167. The molecule has 1 saturated carbocycles. The zero-order valence-electron chi connectivity index (χ0n) is 13.3. The van der Waals surface area contributed by atoms with Gasteiger partial charge in [-0.15, -0.1) is 0 Å². The van der Waals surface area contributed by atoms with Crippen molar-refractivity contribution >= 4 is 0 Å². The van der Waals surface area contributed by atoms with Crippen LogP contribution in [0.2, 0.25) is 0 Å². The Morgan fingerprint density at radius 1 is 1.24 bits per heavy atom. The highest BCUT2D eigenvalue weighted by atomic mass is 19.4. The van der Waals surface area contributed by atoms with E-state index in [2.05, 4.69) is 17.1 Å². The lowest BCUT2D eigenvalue weighted by molar-refractivity contribution is -0.188. The highest BCUT2D eigenvalue weighted by Gasteiger charge is 2.43. The van der Waals surface area contributed by atoms with Crippen molar-refractivity contribution in [3.8, 4) is 0 Å². The summed E-state index contributed by atoms with van der Waals surface area (Å²) in [6.45, 7) is 5.04. The first-order chi connectivity index (χ1) is 9.85. The largest absolute Gasteiger partial charge is 0.393 e. The minimum absolute atomic E-state index is 0.167. The molecule has 0 aromatic rings. The van der Waals surface area contributed by atoms with Crippen LogP contribution in [0, 0.1) is 17.3 Å². The quantitative estimate of drug-likeness (QED) is 0.852. The van der Waals surface area contributed by atoms with Gasteiger partial charge in [-0.25, -0.2) is 0 Å². The van der Waals surface area contributed by atoms with Crippen LogP contribution in [0.25, 0.3) is 0 Å². The van der Waals surface area contributed by atoms with Gasteiger partial charge in [0.05, 0.1) is 5.92 Å². The number of likely N-dealkylation sites (tertiary alicyclic amines) is 1. The van der Waals surface area contributed by atoms with Gasteiger partial charge in [0.1, 0.15) is 0 Å². The molecule has 0 aromatic heterocycles. The maximum Gasteiger partial charge on any atom is 0.393 e. The van der Waals surface area contributed by atoms with Gasteiger partial charge in [-0.1, -0.05) is 19.8 Å². The van der Waals surface area contributed by atoms with Gasteiger partial charge >= 0.3 is 6.18 Å². The number of nitrogens with zero attached hydrogens (tertiary/aromatic N) is 1. The first kappa shape index (κ1) is 17.1. The Morgan fingerprint density at radius 2 is 2.00 bits per heavy atom. The molecule has 0 radical (unpaired) electrons. The fourth-order valence-electron chi connectivity index (χ4n) is 4.44. The molecule has 0 bridgehead atoms. The highest BCUT2D eigenvalue weighted by Crippen LogP contribution is 2.41. The summed E-state index contributed by atoms with van der Waals surface area (Å²) in [6, 6.07) is 0. The Labute approximate surface area is 126 Å². The van der Waals surface area contributed by atoms with Crippen LogP contribution in [0.1, 0.15) is 45.4 Å². The Bertz CT molecular complexity index is 328. The van der Waals surface area contributed by atoms with Crippen LogP contribution in [0.4, 0.5) is 13.2 Å². The number of nitrogens with one attached hydrogen (secondary N) is 1. The zero-order chi connectivity index (χ0) is 15.5. The summed E-state index contributed by atoms with van der Waals surface area (Å²) in [6.07, 6.45) is 1.70. The average molecular weight is 306 g/mol. The monoisotopic (exact) mass is 306 g/mol. The second-order valence-electron chi connectivity index (χ2n) is 7.35. The number of rotatable bonds is 4. The summed E-state index contributed by atoms with van der Waals surface area (Å²) < 4.78 is 38.9. The van der Waals surface area contributed by atoms with Gasteiger partial charge in [-0.3, -0.25) is 0 Å². The van der Waals surface area contributed by atoms with Crippen LogP contribution in [0.15, 0.2) is 0 Å². The molecule has 2 aliphatic rings. The molecule has 1 saturated heterocycles.